The number of nitrogens with zero attached hydrogens (tertiary/aromatic N) is 3. The predicted molar refractivity (Wildman–Crippen MR) is 167 cm³/mol. The van der Waals surface area contributed by atoms with Crippen LogP contribution >= 0.6 is 27.7 Å². The van der Waals surface area contributed by atoms with Gasteiger partial charge in [-0.2, -0.15) is 0 Å². The number of carbonyl (C=O) groups excluding carboxylic acids is 3. The number of halogens is 1. The van der Waals surface area contributed by atoms with Gasteiger partial charge in [-0.1, -0.05) is 41.4 Å². The Kier molecular flexibility index (Phi) is 10.3. The SMILES string of the molecule is C=CCN(CCCC)C(=O)C1N([C@H](C)CO)C(=O)[C@@H]2[C@@H](C(=O)N(CC=C)c3ccc(OCC)cc3)[C@@H]3SC12CC3Br. The number of likely N-dealkylation sites (tertiary alicyclic amines) is 1. The Balaban J connectivity index is 1.75. The van der Waals surface area contributed by atoms with Crippen molar-refractivity contribution in [3.63, 3.8) is 0 Å². The summed E-state index contributed by atoms with van der Waals surface area (Å²) in [4.78, 5) is 48.1. The number of fused-ring (bicyclic) bond motifs is 1. The van der Waals surface area contributed by atoms with E-state index in [0.717, 1.165) is 12.8 Å². The summed E-state index contributed by atoms with van der Waals surface area (Å²) in [6, 6.07) is 6.02. The van der Waals surface area contributed by atoms with E-state index in [0.29, 0.717) is 37.6 Å². The zero-order chi connectivity index (χ0) is 29.9. The molecular weight excluding hydrogens is 606 g/mol. The predicted octanol–water partition coefficient (Wildman–Crippen LogP) is 4.26. The highest BCUT2D eigenvalue weighted by Gasteiger charge is 2.76. The number of unbranched alkanes of at least 4 members (excludes halogenated alkanes) is 1. The molecule has 0 aromatic heterocycles. The van der Waals surface area contributed by atoms with Gasteiger partial charge in [-0.15, -0.1) is 24.9 Å². The topological polar surface area (TPSA) is 90.4 Å². The molecule has 3 aliphatic heterocycles. The van der Waals surface area contributed by atoms with E-state index in [1.165, 1.54) is 0 Å². The van der Waals surface area contributed by atoms with Crippen molar-refractivity contribution < 1.29 is 24.2 Å². The van der Waals surface area contributed by atoms with Gasteiger partial charge in [-0.3, -0.25) is 14.4 Å². The number of aliphatic hydroxyl groups is 1. The van der Waals surface area contributed by atoms with E-state index in [1.807, 2.05) is 31.2 Å². The zero-order valence-corrected chi connectivity index (χ0v) is 26.6. The largest absolute Gasteiger partial charge is 0.494 e. The van der Waals surface area contributed by atoms with Gasteiger partial charge in [0.2, 0.25) is 17.7 Å². The van der Waals surface area contributed by atoms with Crippen molar-refractivity contribution in [2.75, 3.05) is 37.7 Å². The van der Waals surface area contributed by atoms with Crippen LogP contribution in [0, 0.1) is 11.8 Å². The van der Waals surface area contributed by atoms with Crippen molar-refractivity contribution in [2.24, 2.45) is 11.8 Å². The van der Waals surface area contributed by atoms with Crippen LogP contribution in [0.1, 0.15) is 40.0 Å². The molecule has 3 saturated heterocycles. The summed E-state index contributed by atoms with van der Waals surface area (Å²) in [7, 11) is 0. The highest BCUT2D eigenvalue weighted by molar-refractivity contribution is 9.09. The summed E-state index contributed by atoms with van der Waals surface area (Å²) in [5, 5.41) is 10.0. The van der Waals surface area contributed by atoms with Crippen molar-refractivity contribution >= 4 is 51.1 Å². The number of thioether (sulfide) groups is 1. The first-order chi connectivity index (χ1) is 19.7. The van der Waals surface area contributed by atoms with Gasteiger partial charge in [0.05, 0.1) is 35.8 Å². The molecule has 3 amide bonds. The molecule has 3 unspecified atom stereocenters. The summed E-state index contributed by atoms with van der Waals surface area (Å²) >= 11 is 5.45. The number of rotatable bonds is 14. The van der Waals surface area contributed by atoms with E-state index >= 15 is 0 Å². The van der Waals surface area contributed by atoms with E-state index in [9.17, 15) is 19.5 Å². The molecule has 0 aliphatic carbocycles. The van der Waals surface area contributed by atoms with Gasteiger partial charge in [0, 0.05) is 35.4 Å². The van der Waals surface area contributed by atoms with Gasteiger partial charge in [0.15, 0.2) is 0 Å². The van der Waals surface area contributed by atoms with Crippen molar-refractivity contribution in [2.45, 2.75) is 66.9 Å². The van der Waals surface area contributed by atoms with E-state index in [1.54, 1.807) is 45.5 Å². The number of hydrogen-bond acceptors (Lipinski definition) is 6. The Bertz CT molecular complexity index is 1150. The lowest BCUT2D eigenvalue weighted by molar-refractivity contribution is -0.145. The normalized spacial score (nSPS) is 28.8. The van der Waals surface area contributed by atoms with Gasteiger partial charge < -0.3 is 24.5 Å². The minimum absolute atomic E-state index is 0.0420. The van der Waals surface area contributed by atoms with E-state index in [-0.39, 0.29) is 41.0 Å². The first-order valence-corrected chi connectivity index (χ1v) is 16.3. The Hall–Kier alpha value is -2.30. The second-order valence-electron chi connectivity index (χ2n) is 11.0. The van der Waals surface area contributed by atoms with E-state index in [2.05, 4.69) is 36.0 Å². The number of anilines is 1. The van der Waals surface area contributed by atoms with Crippen LogP contribution in [-0.4, -0.2) is 92.4 Å². The number of benzene rings is 1. The zero-order valence-electron chi connectivity index (χ0n) is 24.2. The first kappa shape index (κ1) is 31.6. The number of aliphatic hydroxyl groups excluding tert-OH is 1. The van der Waals surface area contributed by atoms with Crippen LogP contribution in [0.25, 0.3) is 0 Å². The van der Waals surface area contributed by atoms with Crippen LogP contribution in [0.2, 0.25) is 0 Å². The fraction of sp³-hybridized carbons (Fsp3) is 0.581. The number of hydrogen-bond donors (Lipinski definition) is 1. The third-order valence-corrected chi connectivity index (χ3v) is 11.7. The molecule has 1 spiro atoms. The summed E-state index contributed by atoms with van der Waals surface area (Å²) in [5.41, 5.74) is 0.696. The first-order valence-electron chi connectivity index (χ1n) is 14.5. The van der Waals surface area contributed by atoms with Crippen molar-refractivity contribution in [3.05, 3.63) is 49.6 Å². The lowest BCUT2D eigenvalue weighted by Gasteiger charge is -2.39. The number of ether oxygens (including phenoxy) is 1. The average Bonchev–Trinajstić information content (AvgIpc) is 3.56. The van der Waals surface area contributed by atoms with Gasteiger partial charge in [0.1, 0.15) is 11.8 Å². The second kappa shape index (κ2) is 13.3. The molecule has 3 heterocycles. The molecule has 0 radical (unpaired) electrons. The van der Waals surface area contributed by atoms with Gasteiger partial charge in [-0.05, 0) is 51.0 Å². The van der Waals surface area contributed by atoms with Crippen LogP contribution < -0.4 is 9.64 Å². The standard InChI is InChI=1S/C31H42BrN3O5S/c1-6-10-17-33(15-7-2)30(39)27-31-18-23(32)26(41-31)24(25(31)29(38)35(27)20(5)19-36)28(37)34(16-8-3)21-11-13-22(14-12-21)40-9-4/h7-8,11-14,20,23-27,36H,2-3,6,9-10,15-19H2,1,4-5H3/t20-,23?,24-,25+,26-,27?,31?/m1/s1. The maximum atomic E-state index is 14.5. The number of alkyl halides is 1. The highest BCUT2D eigenvalue weighted by Crippen LogP contribution is 2.68. The fourth-order valence-electron chi connectivity index (χ4n) is 6.68. The number of carbonyl (C=O) groups is 3. The van der Waals surface area contributed by atoms with E-state index in [4.69, 9.17) is 4.74 Å². The molecular formula is C31H42BrN3O5S. The third-order valence-electron chi connectivity index (χ3n) is 8.47. The number of amides is 3. The van der Waals surface area contributed by atoms with Crippen molar-refractivity contribution in [1.29, 1.82) is 0 Å². The molecule has 7 atom stereocenters. The molecule has 2 bridgehead atoms. The lowest BCUT2D eigenvalue weighted by Crippen LogP contribution is -2.57. The Morgan fingerprint density at radius 3 is 2.49 bits per heavy atom. The molecule has 3 fully saturated rings. The van der Waals surface area contributed by atoms with Crippen LogP contribution in [0.5, 0.6) is 5.75 Å². The molecule has 41 heavy (non-hydrogen) atoms. The molecule has 1 aromatic rings. The molecule has 1 N–H and O–H groups in total. The van der Waals surface area contributed by atoms with E-state index < -0.39 is 28.7 Å². The summed E-state index contributed by atoms with van der Waals surface area (Å²) in [5.74, 6) is -1.11. The molecule has 3 aliphatic rings. The van der Waals surface area contributed by atoms with Crippen LogP contribution in [0.3, 0.4) is 0 Å². The molecule has 0 saturated carbocycles. The van der Waals surface area contributed by atoms with Crippen molar-refractivity contribution in [3.8, 4) is 5.75 Å². The second-order valence-corrected chi connectivity index (χ2v) is 13.7. The molecule has 8 nitrogen and oxygen atoms in total. The van der Waals surface area contributed by atoms with Crippen molar-refractivity contribution in [1.82, 2.24) is 9.80 Å². The Labute approximate surface area is 256 Å². The minimum atomic E-state index is -0.777. The minimum Gasteiger partial charge on any atom is -0.494 e. The molecule has 224 valence electrons. The summed E-state index contributed by atoms with van der Waals surface area (Å²) in [6.45, 7) is 15.0. The third kappa shape index (κ3) is 5.59. The smallest absolute Gasteiger partial charge is 0.247 e. The molecule has 4 rings (SSSR count). The van der Waals surface area contributed by atoms with Crippen LogP contribution in [0.15, 0.2) is 49.6 Å². The summed E-state index contributed by atoms with van der Waals surface area (Å²) in [6.07, 6.45) is 5.75. The Morgan fingerprint density at radius 1 is 1.22 bits per heavy atom. The van der Waals surface area contributed by atoms with Gasteiger partial charge in [-0.25, -0.2) is 0 Å². The quantitative estimate of drug-likeness (QED) is 0.240. The van der Waals surface area contributed by atoms with Gasteiger partial charge in [0.25, 0.3) is 0 Å². The maximum absolute atomic E-state index is 14.5. The maximum Gasteiger partial charge on any atom is 0.247 e. The molecule has 1 aromatic carbocycles. The highest BCUT2D eigenvalue weighted by atomic mass is 79.9. The monoisotopic (exact) mass is 647 g/mol. The molecule has 10 heteroatoms. The van der Waals surface area contributed by atoms with Crippen LogP contribution in [-0.2, 0) is 14.4 Å². The lowest BCUT2D eigenvalue weighted by atomic mass is 9.70. The van der Waals surface area contributed by atoms with Gasteiger partial charge >= 0.3 is 0 Å². The van der Waals surface area contributed by atoms with Crippen LogP contribution in [0.4, 0.5) is 5.69 Å². The fourth-order valence-corrected chi connectivity index (χ4v) is 10.3. The average molecular weight is 649 g/mol. The summed E-state index contributed by atoms with van der Waals surface area (Å²) < 4.78 is 4.80. The Morgan fingerprint density at radius 2 is 1.90 bits per heavy atom.